The first-order chi connectivity index (χ1) is 14.8. The Labute approximate surface area is 189 Å². The lowest BCUT2D eigenvalue weighted by molar-refractivity contribution is 0.251. The number of aromatic nitrogens is 2. The molecule has 0 radical (unpaired) electrons. The Morgan fingerprint density at radius 2 is 1.71 bits per heavy atom. The second kappa shape index (κ2) is 7.85. The van der Waals surface area contributed by atoms with Gasteiger partial charge in [0.1, 0.15) is 17.1 Å². The number of nitrogens with zero attached hydrogens (tertiary/aromatic N) is 4. The molecule has 2 heterocycles. The van der Waals surface area contributed by atoms with Crippen molar-refractivity contribution < 1.29 is 4.79 Å². The fourth-order valence-corrected chi connectivity index (χ4v) is 4.16. The van der Waals surface area contributed by atoms with Gasteiger partial charge in [-0.3, -0.25) is 19.7 Å². The summed E-state index contributed by atoms with van der Waals surface area (Å²) in [6.07, 6.45) is 0.584. The summed E-state index contributed by atoms with van der Waals surface area (Å²) in [7, 11) is 1.82. The van der Waals surface area contributed by atoms with Crippen LogP contribution in [0, 0.1) is 6.92 Å². The Morgan fingerprint density at radius 1 is 1.06 bits per heavy atom. The summed E-state index contributed by atoms with van der Waals surface area (Å²) in [5.74, 6) is 0.524. The zero-order valence-electron chi connectivity index (χ0n) is 17.9. The van der Waals surface area contributed by atoms with E-state index in [1.807, 2.05) is 82.4 Å². The summed E-state index contributed by atoms with van der Waals surface area (Å²) < 4.78 is 4.31. The van der Waals surface area contributed by atoms with Gasteiger partial charge in [-0.2, -0.15) is 0 Å². The minimum Gasteiger partial charge on any atom is -0.293 e. The molecule has 0 bridgehead atoms. The van der Waals surface area contributed by atoms with Crippen LogP contribution in [0.1, 0.15) is 26.0 Å². The van der Waals surface area contributed by atoms with Crippen molar-refractivity contribution in [2.24, 2.45) is 12.0 Å². The number of para-hydroxylation sites is 1. The van der Waals surface area contributed by atoms with Gasteiger partial charge in [-0.1, -0.05) is 41.1 Å². The zero-order valence-corrected chi connectivity index (χ0v) is 19.5. The van der Waals surface area contributed by atoms with Crippen molar-refractivity contribution in [3.63, 3.8) is 0 Å². The fraction of sp³-hybridized carbons (Fsp3) is 0.261. The first kappa shape index (κ1) is 21.1. The third-order valence-corrected chi connectivity index (χ3v) is 6.46. The van der Waals surface area contributed by atoms with Crippen molar-refractivity contribution in [1.82, 2.24) is 14.7 Å². The zero-order chi connectivity index (χ0) is 22.3. The van der Waals surface area contributed by atoms with E-state index < -0.39 is 5.54 Å². The van der Waals surface area contributed by atoms with Crippen molar-refractivity contribution in [1.29, 1.82) is 0 Å². The van der Waals surface area contributed by atoms with E-state index in [2.05, 4.69) is 21.2 Å². The summed E-state index contributed by atoms with van der Waals surface area (Å²) in [6, 6.07) is 16.6. The Bertz CT molecular complexity index is 1230. The molecule has 7 nitrogen and oxygen atoms in total. The van der Waals surface area contributed by atoms with Crippen molar-refractivity contribution in [2.75, 3.05) is 4.90 Å². The lowest BCUT2D eigenvalue weighted by Crippen LogP contribution is -2.48. The van der Waals surface area contributed by atoms with E-state index in [4.69, 9.17) is 4.99 Å². The Balaban J connectivity index is 1.86. The summed E-state index contributed by atoms with van der Waals surface area (Å²) >= 11 is 3.42. The summed E-state index contributed by atoms with van der Waals surface area (Å²) in [6.45, 7) is 5.77. The number of amides is 2. The van der Waals surface area contributed by atoms with Gasteiger partial charge < -0.3 is 0 Å². The Morgan fingerprint density at radius 3 is 2.32 bits per heavy atom. The van der Waals surface area contributed by atoms with Crippen LogP contribution in [0.3, 0.4) is 0 Å². The third-order valence-electron chi connectivity index (χ3n) is 5.94. The summed E-state index contributed by atoms with van der Waals surface area (Å²) in [4.78, 5) is 32.9. The molecule has 160 valence electrons. The molecule has 1 fully saturated rings. The largest absolute Gasteiger partial charge is 0.328 e. The minimum absolute atomic E-state index is 0.245. The molecule has 1 atom stereocenters. The quantitative estimate of drug-likeness (QED) is 0.587. The maximum Gasteiger partial charge on any atom is 0.328 e. The van der Waals surface area contributed by atoms with Crippen LogP contribution in [0.5, 0.6) is 0 Å². The van der Waals surface area contributed by atoms with Crippen LogP contribution in [0.4, 0.5) is 16.2 Å². The van der Waals surface area contributed by atoms with Gasteiger partial charge in [0.05, 0.1) is 17.1 Å². The number of nitrogens with one attached hydrogen (secondary N) is 1. The smallest absolute Gasteiger partial charge is 0.293 e. The van der Waals surface area contributed by atoms with Crippen LogP contribution in [0.15, 0.2) is 68.9 Å². The van der Waals surface area contributed by atoms with Gasteiger partial charge in [-0.05, 0) is 56.7 Å². The van der Waals surface area contributed by atoms with Crippen LogP contribution < -0.4 is 15.8 Å². The van der Waals surface area contributed by atoms with Crippen LogP contribution >= 0.6 is 15.9 Å². The average Bonchev–Trinajstić information content (AvgIpc) is 3.13. The molecule has 2 aromatic carbocycles. The molecule has 1 aliphatic rings. The van der Waals surface area contributed by atoms with E-state index in [-0.39, 0.29) is 11.6 Å². The van der Waals surface area contributed by atoms with Crippen LogP contribution in [-0.4, -0.2) is 26.8 Å². The molecule has 4 rings (SSSR count). The van der Waals surface area contributed by atoms with E-state index in [0.717, 1.165) is 15.8 Å². The monoisotopic (exact) mass is 481 g/mol. The second-order valence-electron chi connectivity index (χ2n) is 7.74. The van der Waals surface area contributed by atoms with Crippen molar-refractivity contribution >= 4 is 39.2 Å². The van der Waals surface area contributed by atoms with E-state index in [1.54, 1.807) is 14.3 Å². The normalized spacial score (nSPS) is 19.8. The van der Waals surface area contributed by atoms with E-state index >= 15 is 0 Å². The number of urea groups is 1. The molecule has 0 aliphatic carbocycles. The highest BCUT2D eigenvalue weighted by molar-refractivity contribution is 9.10. The number of hydrogen-bond acceptors (Lipinski definition) is 3. The van der Waals surface area contributed by atoms with Crippen LogP contribution in [0.2, 0.25) is 0 Å². The number of hydrogen-bond donors (Lipinski definition) is 1. The molecule has 2 amide bonds. The van der Waals surface area contributed by atoms with Crippen molar-refractivity contribution in [3.05, 3.63) is 75.1 Å². The number of carbonyl (C=O) groups is 1. The predicted molar refractivity (Wildman–Crippen MR) is 127 cm³/mol. The Kier molecular flexibility index (Phi) is 5.35. The molecule has 1 N–H and O–H groups in total. The molecule has 1 saturated heterocycles. The van der Waals surface area contributed by atoms with Crippen molar-refractivity contribution in [2.45, 2.75) is 32.7 Å². The molecule has 0 spiro atoms. The van der Waals surface area contributed by atoms with Gasteiger partial charge in [0, 0.05) is 11.5 Å². The molecule has 8 heteroatoms. The van der Waals surface area contributed by atoms with Gasteiger partial charge in [-0.25, -0.2) is 14.5 Å². The second-order valence-corrected chi connectivity index (χ2v) is 8.66. The number of rotatable bonds is 4. The number of amidine groups is 1. The van der Waals surface area contributed by atoms with Crippen LogP contribution in [-0.2, 0) is 7.05 Å². The molecule has 1 unspecified atom stereocenters. The van der Waals surface area contributed by atoms with E-state index in [1.165, 1.54) is 0 Å². The van der Waals surface area contributed by atoms with Crippen molar-refractivity contribution in [3.8, 4) is 5.69 Å². The molecule has 1 aliphatic heterocycles. The van der Waals surface area contributed by atoms with Gasteiger partial charge in [0.2, 0.25) is 0 Å². The Hall–Kier alpha value is -3.13. The lowest BCUT2D eigenvalue weighted by Gasteiger charge is -2.31. The molecular formula is C23H24BrN5O2. The minimum atomic E-state index is -0.788. The number of carbonyl (C=O) groups excluding carboxylic acids is 1. The SMILES string of the molecule is CCC1(C)C(=Nc2ccc(Br)cc2)NC(=O)N1c1c(C)n(C)n(-c2ccccc2)c1=O. The third kappa shape index (κ3) is 3.40. The number of halogens is 1. The molecular weight excluding hydrogens is 458 g/mol. The van der Waals surface area contributed by atoms with Crippen LogP contribution in [0.25, 0.3) is 5.69 Å². The maximum absolute atomic E-state index is 13.5. The molecule has 3 aromatic rings. The van der Waals surface area contributed by atoms with Gasteiger partial charge >= 0.3 is 6.03 Å². The highest BCUT2D eigenvalue weighted by Gasteiger charge is 2.49. The van der Waals surface area contributed by atoms with Gasteiger partial charge in [0.25, 0.3) is 5.56 Å². The first-order valence-corrected chi connectivity index (χ1v) is 10.9. The average molecular weight is 482 g/mol. The summed E-state index contributed by atoms with van der Waals surface area (Å²) in [5.41, 5.74) is 1.50. The first-order valence-electron chi connectivity index (χ1n) is 10.1. The predicted octanol–water partition coefficient (Wildman–Crippen LogP) is 4.68. The number of benzene rings is 2. The summed E-state index contributed by atoms with van der Waals surface area (Å²) in [5, 5.41) is 2.90. The topological polar surface area (TPSA) is 71.6 Å². The number of anilines is 1. The molecule has 31 heavy (non-hydrogen) atoms. The fourth-order valence-electron chi connectivity index (χ4n) is 3.90. The standard InChI is InChI=1S/C23H24BrN5O2/c1-5-23(3)21(25-17-13-11-16(24)12-14-17)26-22(31)28(23)19-15(2)27(4)29(20(19)30)18-9-7-6-8-10-18/h6-14H,5H2,1-4H3,(H,25,26,31). The molecule has 1 aromatic heterocycles. The highest BCUT2D eigenvalue weighted by atomic mass is 79.9. The van der Waals surface area contributed by atoms with E-state index in [0.29, 0.717) is 23.6 Å². The highest BCUT2D eigenvalue weighted by Crippen LogP contribution is 2.34. The number of aliphatic imine (C=N–C) groups is 1. The lowest BCUT2D eigenvalue weighted by atomic mass is 9.96. The van der Waals surface area contributed by atoms with Gasteiger partial charge in [0.15, 0.2) is 0 Å². The van der Waals surface area contributed by atoms with E-state index in [9.17, 15) is 9.59 Å². The maximum atomic E-state index is 13.5. The van der Waals surface area contributed by atoms with Gasteiger partial charge in [-0.15, -0.1) is 0 Å². The molecule has 0 saturated carbocycles.